The first-order chi connectivity index (χ1) is 12.4. The quantitative estimate of drug-likeness (QED) is 0.641. The maximum Gasteiger partial charge on any atom is 0.165 e. The van der Waals surface area contributed by atoms with E-state index >= 15 is 0 Å². The zero-order valence-electron chi connectivity index (χ0n) is 14.9. The summed E-state index contributed by atoms with van der Waals surface area (Å²) in [5.41, 5.74) is 1.78. The summed E-state index contributed by atoms with van der Waals surface area (Å²) in [5.74, 6) is 2.37. The third-order valence-corrected chi connectivity index (χ3v) is 4.84. The number of aryl methyl sites for hydroxylation is 1. The summed E-state index contributed by atoms with van der Waals surface area (Å²) >= 11 is 3.46. The Balaban J connectivity index is 1.43. The highest BCUT2D eigenvalue weighted by atomic mass is 79.9. The number of nitrogens with zero attached hydrogens (tertiary/aromatic N) is 4. The van der Waals surface area contributed by atoms with Crippen LogP contribution in [-0.4, -0.2) is 38.5 Å². The molecule has 0 saturated carbocycles. The minimum atomic E-state index is -0.181. The van der Waals surface area contributed by atoms with Crippen LogP contribution in [0.5, 0.6) is 11.5 Å². The third kappa shape index (κ3) is 3.09. The van der Waals surface area contributed by atoms with Crippen LogP contribution in [0.4, 0.5) is 5.82 Å². The van der Waals surface area contributed by atoms with Crippen molar-refractivity contribution in [2.75, 3.05) is 18.5 Å². The molecule has 0 atom stereocenters. The van der Waals surface area contributed by atoms with Gasteiger partial charge in [-0.1, -0.05) is 12.1 Å². The lowest BCUT2D eigenvalue weighted by atomic mass is 10.0. The van der Waals surface area contributed by atoms with Crippen LogP contribution in [-0.2, 0) is 13.5 Å². The smallest absolute Gasteiger partial charge is 0.165 e. The van der Waals surface area contributed by atoms with E-state index in [4.69, 9.17) is 9.47 Å². The van der Waals surface area contributed by atoms with Gasteiger partial charge in [0.15, 0.2) is 17.1 Å². The van der Waals surface area contributed by atoms with E-state index in [1.165, 1.54) is 11.9 Å². The van der Waals surface area contributed by atoms with E-state index < -0.39 is 0 Å². The number of fused-ring (bicyclic) bond motifs is 2. The molecule has 26 heavy (non-hydrogen) atoms. The molecule has 2 aromatic heterocycles. The van der Waals surface area contributed by atoms with Crippen molar-refractivity contribution in [1.29, 1.82) is 0 Å². The standard InChI is InChI=1S/C18H20BrN5O2/c1-18(2)9-11-5-4-6-12(14(11)26-18)25-8-7-20-16-13-15(19)23-24(3)17(13)22-10-21-16/h4-6,10H,7-9H2,1-3H3,(H,20,21,22). The molecule has 7 nitrogen and oxygen atoms in total. The fourth-order valence-corrected chi connectivity index (χ4v) is 3.81. The van der Waals surface area contributed by atoms with Crippen molar-refractivity contribution in [3.8, 4) is 11.5 Å². The van der Waals surface area contributed by atoms with E-state index in [9.17, 15) is 0 Å². The highest BCUT2D eigenvalue weighted by Gasteiger charge is 2.32. The Morgan fingerprint density at radius 2 is 2.19 bits per heavy atom. The first-order valence-corrected chi connectivity index (χ1v) is 9.25. The van der Waals surface area contributed by atoms with Crippen molar-refractivity contribution in [2.45, 2.75) is 25.9 Å². The van der Waals surface area contributed by atoms with Crippen LogP contribution >= 0.6 is 15.9 Å². The molecule has 0 aliphatic carbocycles. The van der Waals surface area contributed by atoms with E-state index in [1.807, 2.05) is 19.2 Å². The van der Waals surface area contributed by atoms with Crippen molar-refractivity contribution in [3.05, 3.63) is 34.7 Å². The summed E-state index contributed by atoms with van der Waals surface area (Å²) in [6, 6.07) is 6.04. The van der Waals surface area contributed by atoms with Gasteiger partial charge in [-0.2, -0.15) is 5.10 Å². The Bertz CT molecular complexity index is 970. The highest BCUT2D eigenvalue weighted by molar-refractivity contribution is 9.10. The molecular formula is C18H20BrN5O2. The van der Waals surface area contributed by atoms with E-state index in [2.05, 4.69) is 56.2 Å². The van der Waals surface area contributed by atoms with E-state index in [0.717, 1.165) is 39.4 Å². The van der Waals surface area contributed by atoms with Crippen molar-refractivity contribution in [3.63, 3.8) is 0 Å². The van der Waals surface area contributed by atoms with Crippen LogP contribution in [0.25, 0.3) is 11.0 Å². The first kappa shape index (κ1) is 17.1. The van der Waals surface area contributed by atoms with Gasteiger partial charge < -0.3 is 14.8 Å². The number of nitrogens with one attached hydrogen (secondary N) is 1. The van der Waals surface area contributed by atoms with E-state index in [-0.39, 0.29) is 5.60 Å². The molecule has 3 heterocycles. The number of hydrogen-bond donors (Lipinski definition) is 1. The normalized spacial score (nSPS) is 14.9. The lowest BCUT2D eigenvalue weighted by molar-refractivity contribution is 0.132. The molecule has 0 unspecified atom stereocenters. The molecule has 0 bridgehead atoms. The predicted molar refractivity (Wildman–Crippen MR) is 103 cm³/mol. The second-order valence-electron chi connectivity index (χ2n) is 6.89. The van der Waals surface area contributed by atoms with Crippen LogP contribution in [0, 0.1) is 0 Å². The van der Waals surface area contributed by atoms with Gasteiger partial charge in [-0.3, -0.25) is 0 Å². The van der Waals surface area contributed by atoms with Gasteiger partial charge in [-0.05, 0) is 35.8 Å². The molecule has 3 aromatic rings. The zero-order valence-corrected chi connectivity index (χ0v) is 16.5. The summed E-state index contributed by atoms with van der Waals surface area (Å²) in [6.07, 6.45) is 2.42. The van der Waals surface area contributed by atoms with Gasteiger partial charge in [0.05, 0.1) is 11.9 Å². The Labute approximate surface area is 159 Å². The number of ether oxygens (including phenoxy) is 2. The molecule has 0 fully saturated rings. The van der Waals surface area contributed by atoms with Gasteiger partial charge >= 0.3 is 0 Å². The third-order valence-electron chi connectivity index (χ3n) is 4.28. The zero-order chi connectivity index (χ0) is 18.3. The fraction of sp³-hybridized carbons (Fsp3) is 0.389. The second kappa shape index (κ2) is 6.42. The molecule has 0 radical (unpaired) electrons. The van der Waals surface area contributed by atoms with Gasteiger partial charge in [0.25, 0.3) is 0 Å². The molecule has 1 aliphatic heterocycles. The maximum atomic E-state index is 6.03. The van der Waals surface area contributed by atoms with Gasteiger partial charge in [-0.15, -0.1) is 0 Å². The molecular weight excluding hydrogens is 398 g/mol. The number of benzene rings is 1. The molecule has 136 valence electrons. The molecule has 1 aliphatic rings. The fourth-order valence-electron chi connectivity index (χ4n) is 3.21. The largest absolute Gasteiger partial charge is 0.488 e. The molecule has 0 spiro atoms. The van der Waals surface area contributed by atoms with Crippen LogP contribution in [0.2, 0.25) is 0 Å². The van der Waals surface area contributed by atoms with Crippen LogP contribution in [0.1, 0.15) is 19.4 Å². The Morgan fingerprint density at radius 3 is 3.04 bits per heavy atom. The minimum Gasteiger partial charge on any atom is -0.488 e. The Hall–Kier alpha value is -2.35. The maximum absolute atomic E-state index is 6.03. The van der Waals surface area contributed by atoms with Crippen LogP contribution in [0.3, 0.4) is 0 Å². The Morgan fingerprint density at radius 1 is 1.35 bits per heavy atom. The minimum absolute atomic E-state index is 0.181. The average Bonchev–Trinajstić information content (AvgIpc) is 3.07. The summed E-state index contributed by atoms with van der Waals surface area (Å²) < 4.78 is 14.4. The summed E-state index contributed by atoms with van der Waals surface area (Å²) in [7, 11) is 1.85. The number of hydrogen-bond acceptors (Lipinski definition) is 6. The lowest BCUT2D eigenvalue weighted by Gasteiger charge is -2.18. The van der Waals surface area contributed by atoms with Gasteiger partial charge in [0.1, 0.15) is 29.0 Å². The molecule has 1 aromatic carbocycles. The molecule has 8 heteroatoms. The van der Waals surface area contributed by atoms with Gasteiger partial charge in [-0.25, -0.2) is 14.6 Å². The first-order valence-electron chi connectivity index (χ1n) is 8.45. The number of para-hydroxylation sites is 1. The van der Waals surface area contributed by atoms with Gasteiger partial charge in [0.2, 0.25) is 0 Å². The van der Waals surface area contributed by atoms with Crippen LogP contribution < -0.4 is 14.8 Å². The molecule has 0 amide bonds. The summed E-state index contributed by atoms with van der Waals surface area (Å²) in [5, 5.41) is 8.48. The topological polar surface area (TPSA) is 74.1 Å². The number of anilines is 1. The summed E-state index contributed by atoms with van der Waals surface area (Å²) in [6.45, 7) is 5.26. The predicted octanol–water partition coefficient (Wildman–Crippen LogP) is 3.33. The van der Waals surface area contributed by atoms with E-state index in [1.54, 1.807) is 4.68 Å². The molecule has 4 rings (SSSR count). The second-order valence-corrected chi connectivity index (χ2v) is 7.64. The van der Waals surface area contributed by atoms with Crippen molar-refractivity contribution >= 4 is 32.8 Å². The highest BCUT2D eigenvalue weighted by Crippen LogP contribution is 2.41. The SMILES string of the molecule is Cn1nc(Br)c2c(NCCOc3cccc4c3OC(C)(C)C4)ncnc21. The number of halogens is 1. The number of rotatable bonds is 5. The van der Waals surface area contributed by atoms with Crippen LogP contribution in [0.15, 0.2) is 29.1 Å². The van der Waals surface area contributed by atoms with Crippen molar-refractivity contribution in [2.24, 2.45) is 7.05 Å². The number of aromatic nitrogens is 4. The monoisotopic (exact) mass is 417 g/mol. The van der Waals surface area contributed by atoms with Crippen molar-refractivity contribution in [1.82, 2.24) is 19.7 Å². The summed E-state index contributed by atoms with van der Waals surface area (Å²) in [4.78, 5) is 8.58. The van der Waals surface area contributed by atoms with E-state index in [0.29, 0.717) is 13.2 Å². The molecule has 0 saturated heterocycles. The average molecular weight is 418 g/mol. The van der Waals surface area contributed by atoms with Gasteiger partial charge in [0, 0.05) is 19.0 Å². The Kier molecular flexibility index (Phi) is 4.22. The lowest BCUT2D eigenvalue weighted by Crippen LogP contribution is -2.24. The van der Waals surface area contributed by atoms with Crippen molar-refractivity contribution < 1.29 is 9.47 Å². The molecule has 1 N–H and O–H groups in total.